The summed E-state index contributed by atoms with van der Waals surface area (Å²) < 4.78 is 1.87. The highest BCUT2D eigenvalue weighted by Gasteiger charge is 2.26. The topological polar surface area (TPSA) is 72.9 Å². The van der Waals surface area contributed by atoms with Crippen LogP contribution in [0.4, 0.5) is 11.5 Å². The van der Waals surface area contributed by atoms with E-state index in [4.69, 9.17) is 10.8 Å². The van der Waals surface area contributed by atoms with Gasteiger partial charge in [0.1, 0.15) is 5.82 Å². The van der Waals surface area contributed by atoms with Gasteiger partial charge in [-0.25, -0.2) is 4.68 Å². The Morgan fingerprint density at radius 1 is 1.12 bits per heavy atom. The molecule has 24 heavy (non-hydrogen) atoms. The number of anilines is 2. The number of nitrogens with zero attached hydrogens (tertiary/aromatic N) is 2. The first-order chi connectivity index (χ1) is 10.9. The van der Waals surface area contributed by atoms with E-state index in [1.54, 1.807) is 12.1 Å². The van der Waals surface area contributed by atoms with Crippen LogP contribution in [0.25, 0.3) is 0 Å². The minimum Gasteiger partial charge on any atom is -0.399 e. The molecule has 0 unspecified atom stereocenters. The van der Waals surface area contributed by atoms with Crippen LogP contribution < -0.4 is 11.1 Å². The quantitative estimate of drug-likeness (QED) is 0.816. The van der Waals surface area contributed by atoms with E-state index in [-0.39, 0.29) is 16.9 Å². The van der Waals surface area contributed by atoms with Crippen molar-refractivity contribution in [3.63, 3.8) is 0 Å². The smallest absolute Gasteiger partial charge is 0.257 e. The minimum absolute atomic E-state index is 0.0942. The summed E-state index contributed by atoms with van der Waals surface area (Å²) in [5, 5.41) is 7.72. The Kier molecular flexibility index (Phi) is 4.48. The second kappa shape index (κ2) is 5.96. The van der Waals surface area contributed by atoms with Crippen molar-refractivity contribution in [1.29, 1.82) is 0 Å². The zero-order valence-electron chi connectivity index (χ0n) is 15.7. The summed E-state index contributed by atoms with van der Waals surface area (Å²) in [4.78, 5) is 12.7. The molecule has 3 N–H and O–H groups in total. The number of rotatable bonds is 2. The van der Waals surface area contributed by atoms with Gasteiger partial charge in [0, 0.05) is 22.7 Å². The third-order valence-corrected chi connectivity index (χ3v) is 3.86. The van der Waals surface area contributed by atoms with Gasteiger partial charge in [0.15, 0.2) is 0 Å². The molecule has 2 rings (SSSR count). The van der Waals surface area contributed by atoms with Crippen LogP contribution in [0, 0.1) is 6.92 Å². The molecule has 5 heteroatoms. The predicted molar refractivity (Wildman–Crippen MR) is 99.5 cm³/mol. The molecule has 0 saturated carbocycles. The van der Waals surface area contributed by atoms with Gasteiger partial charge in [0.2, 0.25) is 0 Å². The summed E-state index contributed by atoms with van der Waals surface area (Å²) in [6.07, 6.45) is 0. The summed E-state index contributed by atoms with van der Waals surface area (Å²) in [6, 6.07) is 7.30. The Hall–Kier alpha value is -2.30. The van der Waals surface area contributed by atoms with Crippen molar-refractivity contribution >= 4 is 17.4 Å². The number of nitrogen functional groups attached to an aromatic ring is 1. The molecule has 1 heterocycles. The van der Waals surface area contributed by atoms with E-state index >= 15 is 0 Å². The van der Waals surface area contributed by atoms with E-state index in [2.05, 4.69) is 46.9 Å². The second-order valence-corrected chi connectivity index (χ2v) is 8.28. The van der Waals surface area contributed by atoms with E-state index in [9.17, 15) is 4.79 Å². The number of aromatic nitrogens is 2. The standard InChI is InChI=1S/C19H28N4O/c1-12-8-9-13(20)10-14(12)17(24)21-16-11-15(18(2,3)4)22-23(16)19(5,6)7/h8-11H,20H2,1-7H3,(H,21,24). The molecule has 0 atom stereocenters. The van der Waals surface area contributed by atoms with E-state index < -0.39 is 0 Å². The van der Waals surface area contributed by atoms with Crippen molar-refractivity contribution in [2.45, 2.75) is 59.4 Å². The molecule has 0 spiro atoms. The molecular weight excluding hydrogens is 300 g/mol. The Morgan fingerprint density at radius 2 is 1.75 bits per heavy atom. The van der Waals surface area contributed by atoms with Gasteiger partial charge in [-0.15, -0.1) is 0 Å². The number of carbonyl (C=O) groups is 1. The van der Waals surface area contributed by atoms with E-state index in [1.807, 2.05) is 23.7 Å². The van der Waals surface area contributed by atoms with Crippen LogP contribution in [0.5, 0.6) is 0 Å². The minimum atomic E-state index is -0.239. The lowest BCUT2D eigenvalue weighted by molar-refractivity contribution is 0.102. The van der Waals surface area contributed by atoms with Crippen molar-refractivity contribution < 1.29 is 4.79 Å². The Bertz CT molecular complexity index is 761. The molecule has 0 bridgehead atoms. The van der Waals surface area contributed by atoms with Crippen molar-refractivity contribution in [1.82, 2.24) is 9.78 Å². The lowest BCUT2D eigenvalue weighted by Gasteiger charge is -2.23. The monoisotopic (exact) mass is 328 g/mol. The maximum atomic E-state index is 12.7. The number of benzene rings is 1. The molecule has 1 aromatic heterocycles. The summed E-state index contributed by atoms with van der Waals surface area (Å²) in [6.45, 7) is 14.4. The van der Waals surface area contributed by atoms with Crippen molar-refractivity contribution in [3.05, 3.63) is 41.1 Å². The van der Waals surface area contributed by atoms with Crippen LogP contribution in [0.15, 0.2) is 24.3 Å². The third kappa shape index (κ3) is 3.78. The van der Waals surface area contributed by atoms with E-state index in [0.717, 1.165) is 11.3 Å². The maximum Gasteiger partial charge on any atom is 0.257 e. The Labute approximate surface area is 144 Å². The van der Waals surface area contributed by atoms with Crippen LogP contribution in [0.2, 0.25) is 0 Å². The van der Waals surface area contributed by atoms with Gasteiger partial charge in [-0.05, 0) is 45.4 Å². The number of nitrogens with two attached hydrogens (primary N) is 1. The lowest BCUT2D eigenvalue weighted by atomic mass is 9.92. The molecule has 1 aromatic carbocycles. The van der Waals surface area contributed by atoms with E-state index in [1.165, 1.54) is 0 Å². The highest BCUT2D eigenvalue weighted by Crippen LogP contribution is 2.28. The highest BCUT2D eigenvalue weighted by molar-refractivity contribution is 6.05. The molecule has 0 saturated heterocycles. The first kappa shape index (κ1) is 18.0. The van der Waals surface area contributed by atoms with Gasteiger partial charge < -0.3 is 11.1 Å². The van der Waals surface area contributed by atoms with Gasteiger partial charge in [0.25, 0.3) is 5.91 Å². The summed E-state index contributed by atoms with van der Waals surface area (Å²) in [5.41, 5.74) is 8.47. The van der Waals surface area contributed by atoms with Crippen LogP contribution in [-0.4, -0.2) is 15.7 Å². The molecule has 0 aliphatic carbocycles. The molecule has 0 aliphatic rings. The van der Waals surface area contributed by atoms with Gasteiger partial charge >= 0.3 is 0 Å². The number of carbonyl (C=O) groups excluding carboxylic acids is 1. The Balaban J connectivity index is 2.43. The second-order valence-electron chi connectivity index (χ2n) is 8.28. The average molecular weight is 328 g/mol. The number of amides is 1. The molecular formula is C19H28N4O. The van der Waals surface area contributed by atoms with Crippen LogP contribution in [0.3, 0.4) is 0 Å². The highest BCUT2D eigenvalue weighted by atomic mass is 16.1. The SMILES string of the molecule is Cc1ccc(N)cc1C(=O)Nc1cc(C(C)(C)C)nn1C(C)(C)C. The normalized spacial score (nSPS) is 12.3. The first-order valence-electron chi connectivity index (χ1n) is 8.18. The summed E-state index contributed by atoms with van der Waals surface area (Å²) >= 11 is 0. The lowest BCUT2D eigenvalue weighted by Crippen LogP contribution is -2.27. The molecule has 130 valence electrons. The third-order valence-electron chi connectivity index (χ3n) is 3.86. The largest absolute Gasteiger partial charge is 0.399 e. The van der Waals surface area contributed by atoms with Crippen LogP contribution >= 0.6 is 0 Å². The van der Waals surface area contributed by atoms with Gasteiger partial charge in [-0.1, -0.05) is 26.8 Å². The molecule has 2 aromatic rings. The van der Waals surface area contributed by atoms with Crippen molar-refractivity contribution in [2.75, 3.05) is 11.1 Å². The van der Waals surface area contributed by atoms with Gasteiger partial charge in [-0.3, -0.25) is 4.79 Å². The Morgan fingerprint density at radius 3 is 2.29 bits per heavy atom. The van der Waals surface area contributed by atoms with Crippen LogP contribution in [0.1, 0.15) is 63.2 Å². The summed E-state index contributed by atoms with van der Waals surface area (Å²) in [7, 11) is 0. The van der Waals surface area contributed by atoms with Crippen molar-refractivity contribution in [2.24, 2.45) is 0 Å². The summed E-state index contributed by atoms with van der Waals surface area (Å²) in [5.74, 6) is 0.518. The van der Waals surface area contributed by atoms with E-state index in [0.29, 0.717) is 17.1 Å². The van der Waals surface area contributed by atoms with Gasteiger partial charge in [-0.2, -0.15) is 5.10 Å². The predicted octanol–water partition coefficient (Wildman–Crippen LogP) is 4.08. The van der Waals surface area contributed by atoms with Crippen molar-refractivity contribution in [3.8, 4) is 0 Å². The number of hydrogen-bond donors (Lipinski definition) is 2. The first-order valence-corrected chi connectivity index (χ1v) is 8.18. The zero-order chi connectivity index (χ0) is 18.3. The molecule has 0 aliphatic heterocycles. The number of nitrogens with one attached hydrogen (secondary N) is 1. The fourth-order valence-electron chi connectivity index (χ4n) is 2.42. The molecule has 1 amide bonds. The average Bonchev–Trinajstić information content (AvgIpc) is 2.85. The van der Waals surface area contributed by atoms with Gasteiger partial charge in [0.05, 0.1) is 11.2 Å². The molecule has 0 radical (unpaired) electrons. The molecule has 5 nitrogen and oxygen atoms in total. The zero-order valence-corrected chi connectivity index (χ0v) is 15.7. The number of aryl methyl sites for hydroxylation is 1. The maximum absolute atomic E-state index is 12.7. The fourth-order valence-corrected chi connectivity index (χ4v) is 2.42. The number of hydrogen-bond acceptors (Lipinski definition) is 3. The fraction of sp³-hybridized carbons (Fsp3) is 0.474. The molecule has 0 fully saturated rings. The van der Waals surface area contributed by atoms with Crippen LogP contribution in [-0.2, 0) is 11.0 Å².